The SMILES string of the molecule is COc1ccc(-c2cc(CN[C@H](C)CC(F)(F)F)on2)cc1. The first-order chi connectivity index (χ1) is 10.4. The number of hydrogen-bond donors (Lipinski definition) is 1. The molecule has 0 fully saturated rings. The Morgan fingerprint density at radius 3 is 2.55 bits per heavy atom. The number of nitrogens with zero attached hydrogens (tertiary/aromatic N) is 1. The average molecular weight is 314 g/mol. The zero-order valence-electron chi connectivity index (χ0n) is 12.3. The second kappa shape index (κ2) is 6.83. The van der Waals surface area contributed by atoms with Crippen molar-refractivity contribution < 1.29 is 22.4 Å². The third-order valence-corrected chi connectivity index (χ3v) is 3.11. The number of hydrogen-bond acceptors (Lipinski definition) is 4. The van der Waals surface area contributed by atoms with Crippen molar-refractivity contribution in [1.29, 1.82) is 0 Å². The molecule has 0 spiro atoms. The standard InChI is InChI=1S/C15H17F3N2O2/c1-10(8-15(16,17)18)19-9-13-7-14(20-22-13)11-3-5-12(21-2)6-4-11/h3-7,10,19H,8-9H2,1-2H3/t10-/m1/s1. The molecule has 120 valence electrons. The first-order valence-corrected chi connectivity index (χ1v) is 6.77. The van der Waals surface area contributed by atoms with Gasteiger partial charge in [0.25, 0.3) is 0 Å². The molecule has 0 saturated carbocycles. The highest BCUT2D eigenvalue weighted by Crippen LogP contribution is 2.23. The van der Waals surface area contributed by atoms with Gasteiger partial charge in [-0.1, -0.05) is 5.16 Å². The largest absolute Gasteiger partial charge is 0.497 e. The van der Waals surface area contributed by atoms with E-state index in [1.807, 2.05) is 12.1 Å². The van der Waals surface area contributed by atoms with Gasteiger partial charge in [0.2, 0.25) is 0 Å². The molecule has 0 aliphatic rings. The number of alkyl halides is 3. The van der Waals surface area contributed by atoms with Crippen LogP contribution in [0.5, 0.6) is 5.75 Å². The molecule has 0 aliphatic carbocycles. The molecule has 2 aromatic rings. The summed E-state index contributed by atoms with van der Waals surface area (Å²) < 4.78 is 46.9. The van der Waals surface area contributed by atoms with E-state index >= 15 is 0 Å². The average Bonchev–Trinajstić information content (AvgIpc) is 2.92. The van der Waals surface area contributed by atoms with E-state index in [0.717, 1.165) is 11.3 Å². The summed E-state index contributed by atoms with van der Waals surface area (Å²) in [6.07, 6.45) is -5.06. The van der Waals surface area contributed by atoms with Crippen molar-refractivity contribution in [2.75, 3.05) is 7.11 Å². The van der Waals surface area contributed by atoms with Gasteiger partial charge in [0.15, 0.2) is 5.76 Å². The smallest absolute Gasteiger partial charge is 0.390 e. The van der Waals surface area contributed by atoms with Gasteiger partial charge in [0, 0.05) is 17.7 Å². The van der Waals surface area contributed by atoms with Crippen molar-refractivity contribution in [2.24, 2.45) is 0 Å². The minimum absolute atomic E-state index is 0.195. The van der Waals surface area contributed by atoms with Gasteiger partial charge in [0.1, 0.15) is 11.4 Å². The van der Waals surface area contributed by atoms with Crippen molar-refractivity contribution in [3.8, 4) is 17.0 Å². The van der Waals surface area contributed by atoms with Gasteiger partial charge in [-0.25, -0.2) is 0 Å². The van der Waals surface area contributed by atoms with Gasteiger partial charge in [-0.05, 0) is 31.2 Å². The lowest BCUT2D eigenvalue weighted by Gasteiger charge is -2.14. The molecule has 0 unspecified atom stereocenters. The van der Waals surface area contributed by atoms with E-state index in [2.05, 4.69) is 10.5 Å². The van der Waals surface area contributed by atoms with E-state index in [1.54, 1.807) is 25.3 Å². The molecule has 0 radical (unpaired) electrons. The van der Waals surface area contributed by atoms with Crippen LogP contribution in [0.3, 0.4) is 0 Å². The van der Waals surface area contributed by atoms with Crippen LogP contribution in [-0.2, 0) is 6.54 Å². The maximum absolute atomic E-state index is 12.2. The molecule has 0 saturated heterocycles. The molecule has 1 aromatic heterocycles. The van der Waals surface area contributed by atoms with E-state index in [1.165, 1.54) is 6.92 Å². The van der Waals surface area contributed by atoms with Crippen LogP contribution < -0.4 is 10.1 Å². The van der Waals surface area contributed by atoms with Gasteiger partial charge in [-0.15, -0.1) is 0 Å². The zero-order valence-corrected chi connectivity index (χ0v) is 12.3. The van der Waals surface area contributed by atoms with Crippen LogP contribution >= 0.6 is 0 Å². The van der Waals surface area contributed by atoms with Crippen LogP contribution in [0.1, 0.15) is 19.1 Å². The highest BCUT2D eigenvalue weighted by molar-refractivity contribution is 5.59. The number of nitrogens with one attached hydrogen (secondary N) is 1. The molecule has 1 heterocycles. The second-order valence-electron chi connectivity index (χ2n) is 5.01. The summed E-state index contributed by atoms with van der Waals surface area (Å²) >= 11 is 0. The van der Waals surface area contributed by atoms with Crippen LogP contribution in [0.2, 0.25) is 0 Å². The Labute approximate surface area is 126 Å². The Bertz CT molecular complexity index is 594. The van der Waals surface area contributed by atoms with Crippen molar-refractivity contribution in [3.05, 3.63) is 36.1 Å². The van der Waals surface area contributed by atoms with Crippen molar-refractivity contribution in [2.45, 2.75) is 32.1 Å². The lowest BCUT2D eigenvalue weighted by molar-refractivity contribution is -0.139. The van der Waals surface area contributed by atoms with Crippen molar-refractivity contribution in [3.63, 3.8) is 0 Å². The number of ether oxygens (including phenoxy) is 1. The summed E-state index contributed by atoms with van der Waals surface area (Å²) in [5.74, 6) is 1.22. The van der Waals surface area contributed by atoms with E-state index in [-0.39, 0.29) is 6.54 Å². The number of aromatic nitrogens is 1. The predicted octanol–water partition coefficient (Wildman–Crippen LogP) is 3.78. The molecule has 7 heteroatoms. The first-order valence-electron chi connectivity index (χ1n) is 6.77. The summed E-state index contributed by atoms with van der Waals surface area (Å²) in [6.45, 7) is 1.68. The topological polar surface area (TPSA) is 47.3 Å². The van der Waals surface area contributed by atoms with E-state index in [4.69, 9.17) is 9.26 Å². The van der Waals surface area contributed by atoms with Crippen molar-refractivity contribution in [1.82, 2.24) is 10.5 Å². The fourth-order valence-electron chi connectivity index (χ4n) is 1.99. The summed E-state index contributed by atoms with van der Waals surface area (Å²) in [5.41, 5.74) is 1.47. The van der Waals surface area contributed by atoms with Gasteiger partial charge in [-0.3, -0.25) is 0 Å². The Kier molecular flexibility index (Phi) is 5.07. The number of methoxy groups -OCH3 is 1. The zero-order chi connectivity index (χ0) is 16.2. The van der Waals surface area contributed by atoms with Gasteiger partial charge in [-0.2, -0.15) is 13.2 Å². The Morgan fingerprint density at radius 2 is 1.95 bits per heavy atom. The highest BCUT2D eigenvalue weighted by atomic mass is 19.4. The van der Waals surface area contributed by atoms with Crippen LogP contribution in [0, 0.1) is 0 Å². The fraction of sp³-hybridized carbons (Fsp3) is 0.400. The number of halogens is 3. The predicted molar refractivity (Wildman–Crippen MR) is 75.5 cm³/mol. The van der Waals surface area contributed by atoms with Gasteiger partial charge < -0.3 is 14.6 Å². The molecule has 2 rings (SSSR count). The molecule has 4 nitrogen and oxygen atoms in total. The lowest BCUT2D eigenvalue weighted by atomic mass is 10.1. The summed E-state index contributed by atoms with van der Waals surface area (Å²) in [5, 5.41) is 6.68. The van der Waals surface area contributed by atoms with Gasteiger partial charge in [0.05, 0.1) is 20.1 Å². The second-order valence-corrected chi connectivity index (χ2v) is 5.01. The minimum Gasteiger partial charge on any atom is -0.497 e. The maximum atomic E-state index is 12.2. The Hall–Kier alpha value is -2.02. The normalized spacial score (nSPS) is 13.1. The third kappa shape index (κ3) is 4.77. The molecular weight excluding hydrogens is 297 g/mol. The molecule has 1 atom stereocenters. The van der Waals surface area contributed by atoms with E-state index in [0.29, 0.717) is 11.5 Å². The summed E-state index contributed by atoms with van der Waals surface area (Å²) in [6, 6.07) is 8.28. The quantitative estimate of drug-likeness (QED) is 0.881. The molecule has 1 aromatic carbocycles. The maximum Gasteiger partial charge on any atom is 0.390 e. The number of benzene rings is 1. The molecule has 0 aliphatic heterocycles. The van der Waals surface area contributed by atoms with Gasteiger partial charge >= 0.3 is 6.18 Å². The van der Waals surface area contributed by atoms with E-state index < -0.39 is 18.6 Å². The molecular formula is C15H17F3N2O2. The fourth-order valence-corrected chi connectivity index (χ4v) is 1.99. The molecule has 0 amide bonds. The van der Waals surface area contributed by atoms with Crippen LogP contribution in [0.25, 0.3) is 11.3 Å². The number of rotatable bonds is 6. The Morgan fingerprint density at radius 1 is 1.27 bits per heavy atom. The van der Waals surface area contributed by atoms with Crippen LogP contribution in [0.15, 0.2) is 34.9 Å². The highest BCUT2D eigenvalue weighted by Gasteiger charge is 2.29. The molecule has 1 N–H and O–H groups in total. The van der Waals surface area contributed by atoms with E-state index in [9.17, 15) is 13.2 Å². The Balaban J connectivity index is 1.93. The summed E-state index contributed by atoms with van der Waals surface area (Å²) in [7, 11) is 1.58. The van der Waals surface area contributed by atoms with Crippen molar-refractivity contribution >= 4 is 0 Å². The molecule has 22 heavy (non-hydrogen) atoms. The first kappa shape index (κ1) is 16.4. The van der Waals surface area contributed by atoms with Crippen LogP contribution in [-0.4, -0.2) is 24.5 Å². The summed E-state index contributed by atoms with van der Waals surface area (Å²) in [4.78, 5) is 0. The minimum atomic E-state index is -4.18. The molecule has 0 bridgehead atoms. The lowest BCUT2D eigenvalue weighted by Crippen LogP contribution is -2.30. The monoisotopic (exact) mass is 314 g/mol. The van der Waals surface area contributed by atoms with Crippen LogP contribution in [0.4, 0.5) is 13.2 Å². The third-order valence-electron chi connectivity index (χ3n) is 3.11.